The molecule has 3 rings (SSSR count). The first kappa shape index (κ1) is 21.9. The zero-order valence-electron chi connectivity index (χ0n) is 15.5. The Kier molecular flexibility index (Phi) is 7.40. The van der Waals surface area contributed by atoms with Crippen molar-refractivity contribution in [2.75, 3.05) is 18.1 Å². The number of thioether (sulfide) groups is 1. The number of amides is 1. The Balaban J connectivity index is 1.93. The molecule has 2 aromatic rings. The Morgan fingerprint density at radius 2 is 2.00 bits per heavy atom. The monoisotopic (exact) mass is 509 g/mol. The molecule has 2 aromatic carbocycles. The van der Waals surface area contributed by atoms with E-state index in [0.29, 0.717) is 44.6 Å². The zero-order valence-corrected chi connectivity index (χ0v) is 19.5. The Labute approximate surface area is 192 Å². The molecule has 1 aliphatic rings. The fraction of sp³-hybridized carbons (Fsp3) is 0.143. The summed E-state index contributed by atoms with van der Waals surface area (Å²) in [6, 6.07) is 10.7. The van der Waals surface area contributed by atoms with Gasteiger partial charge < -0.3 is 9.47 Å². The van der Waals surface area contributed by atoms with Crippen LogP contribution in [0.1, 0.15) is 12.5 Å². The number of ether oxygens (including phenoxy) is 2. The van der Waals surface area contributed by atoms with E-state index in [1.165, 1.54) is 16.7 Å². The van der Waals surface area contributed by atoms with Crippen molar-refractivity contribution in [3.05, 3.63) is 69.0 Å². The van der Waals surface area contributed by atoms with Gasteiger partial charge in [0.25, 0.3) is 5.91 Å². The number of halogens is 2. The van der Waals surface area contributed by atoms with Gasteiger partial charge in [0.05, 0.1) is 21.7 Å². The molecule has 0 bridgehead atoms. The molecule has 0 aliphatic carbocycles. The molecule has 4 nitrogen and oxygen atoms in total. The summed E-state index contributed by atoms with van der Waals surface area (Å²) in [6.45, 7) is 6.41. The SMILES string of the molecule is C=CCOc1c(Br)cc(/C=C2\SC(=S)N(c3ccc(Cl)cc3)C2=O)cc1OCC. The second kappa shape index (κ2) is 9.80. The molecule has 0 N–H and O–H groups in total. The predicted octanol–water partition coefficient (Wildman–Crippen LogP) is 6.47. The van der Waals surface area contributed by atoms with Gasteiger partial charge in [0.15, 0.2) is 15.8 Å². The maximum absolute atomic E-state index is 12.9. The molecule has 150 valence electrons. The van der Waals surface area contributed by atoms with Crippen molar-refractivity contribution in [2.24, 2.45) is 0 Å². The molecule has 1 fully saturated rings. The lowest BCUT2D eigenvalue weighted by Gasteiger charge is -2.14. The van der Waals surface area contributed by atoms with E-state index in [9.17, 15) is 4.79 Å². The largest absolute Gasteiger partial charge is 0.490 e. The highest BCUT2D eigenvalue weighted by atomic mass is 79.9. The van der Waals surface area contributed by atoms with Crippen LogP contribution < -0.4 is 14.4 Å². The molecule has 0 aromatic heterocycles. The topological polar surface area (TPSA) is 38.8 Å². The Hall–Kier alpha value is -1.80. The van der Waals surface area contributed by atoms with Crippen molar-refractivity contribution >= 4 is 73.5 Å². The molecule has 0 atom stereocenters. The molecule has 1 amide bonds. The summed E-state index contributed by atoms with van der Waals surface area (Å²) in [5, 5.41) is 0.599. The van der Waals surface area contributed by atoms with Crippen molar-refractivity contribution < 1.29 is 14.3 Å². The van der Waals surface area contributed by atoms with Crippen LogP contribution in [0.15, 0.2) is 58.4 Å². The normalized spacial score (nSPS) is 15.1. The lowest BCUT2D eigenvalue weighted by atomic mass is 10.1. The molecule has 0 unspecified atom stereocenters. The molecule has 29 heavy (non-hydrogen) atoms. The standard InChI is InChI=1S/C21H17BrClNO3S2/c1-3-9-27-19-16(22)10-13(11-17(19)26-4-2)12-18-20(25)24(21(28)29-18)15-7-5-14(23)6-8-15/h3,5-8,10-12H,1,4,9H2,2H3/b18-12-. The quantitative estimate of drug-likeness (QED) is 0.242. The summed E-state index contributed by atoms with van der Waals surface area (Å²) in [4.78, 5) is 15.0. The number of rotatable bonds is 7. The van der Waals surface area contributed by atoms with Gasteiger partial charge in [-0.25, -0.2) is 0 Å². The number of anilines is 1. The zero-order chi connectivity index (χ0) is 21.0. The smallest absolute Gasteiger partial charge is 0.270 e. The maximum Gasteiger partial charge on any atom is 0.270 e. The van der Waals surface area contributed by atoms with E-state index in [4.69, 9.17) is 33.3 Å². The number of carbonyl (C=O) groups excluding carboxylic acids is 1. The predicted molar refractivity (Wildman–Crippen MR) is 128 cm³/mol. The van der Waals surface area contributed by atoms with E-state index in [2.05, 4.69) is 22.5 Å². The maximum atomic E-state index is 12.9. The molecule has 0 spiro atoms. The third-order valence-corrected chi connectivity index (χ3v) is 6.00. The van der Waals surface area contributed by atoms with Crippen LogP contribution in [0.5, 0.6) is 11.5 Å². The van der Waals surface area contributed by atoms with Crippen LogP contribution in [0.4, 0.5) is 5.69 Å². The van der Waals surface area contributed by atoms with E-state index in [1.54, 1.807) is 36.4 Å². The van der Waals surface area contributed by atoms with E-state index in [-0.39, 0.29) is 5.91 Å². The van der Waals surface area contributed by atoms with Gasteiger partial charge in [-0.05, 0) is 70.9 Å². The van der Waals surface area contributed by atoms with Gasteiger partial charge in [0.2, 0.25) is 0 Å². The van der Waals surface area contributed by atoms with Crippen LogP contribution in [0.3, 0.4) is 0 Å². The number of hydrogen-bond acceptors (Lipinski definition) is 5. The molecule has 0 radical (unpaired) electrons. The van der Waals surface area contributed by atoms with Crippen molar-refractivity contribution in [1.29, 1.82) is 0 Å². The fourth-order valence-corrected chi connectivity index (χ4v) is 4.65. The van der Waals surface area contributed by atoms with Crippen LogP contribution in [-0.2, 0) is 4.79 Å². The van der Waals surface area contributed by atoms with E-state index < -0.39 is 0 Å². The first-order valence-corrected chi connectivity index (χ1v) is 11.1. The van der Waals surface area contributed by atoms with E-state index in [0.717, 1.165) is 10.0 Å². The summed E-state index contributed by atoms with van der Waals surface area (Å²) in [5.74, 6) is 1.00. The summed E-state index contributed by atoms with van der Waals surface area (Å²) >= 11 is 16.1. The molecule has 0 saturated carbocycles. The van der Waals surface area contributed by atoms with Crippen LogP contribution >= 0.6 is 51.5 Å². The summed E-state index contributed by atoms with van der Waals surface area (Å²) in [6.07, 6.45) is 3.46. The van der Waals surface area contributed by atoms with Crippen LogP contribution in [-0.4, -0.2) is 23.4 Å². The Bertz CT molecular complexity index is 992. The van der Waals surface area contributed by atoms with Crippen molar-refractivity contribution in [2.45, 2.75) is 6.92 Å². The summed E-state index contributed by atoms with van der Waals surface area (Å²) in [5.41, 5.74) is 1.48. The minimum atomic E-state index is -0.177. The van der Waals surface area contributed by atoms with Crippen LogP contribution in [0.2, 0.25) is 5.02 Å². The molecule has 8 heteroatoms. The third-order valence-electron chi connectivity index (χ3n) is 3.85. The highest BCUT2D eigenvalue weighted by molar-refractivity contribution is 9.10. The number of carbonyl (C=O) groups is 1. The summed E-state index contributed by atoms with van der Waals surface area (Å²) < 4.78 is 12.6. The summed E-state index contributed by atoms with van der Waals surface area (Å²) in [7, 11) is 0. The minimum absolute atomic E-state index is 0.177. The van der Waals surface area contributed by atoms with Gasteiger partial charge in [0.1, 0.15) is 6.61 Å². The number of nitrogens with zero attached hydrogens (tertiary/aromatic N) is 1. The lowest BCUT2D eigenvalue weighted by molar-refractivity contribution is -0.113. The van der Waals surface area contributed by atoms with Crippen molar-refractivity contribution in [3.63, 3.8) is 0 Å². The van der Waals surface area contributed by atoms with E-state index in [1.807, 2.05) is 19.1 Å². The van der Waals surface area contributed by atoms with Gasteiger partial charge in [-0.3, -0.25) is 9.69 Å². The molecular weight excluding hydrogens is 494 g/mol. The number of benzene rings is 2. The van der Waals surface area contributed by atoms with Crippen LogP contribution in [0, 0.1) is 0 Å². The molecular formula is C21H17BrClNO3S2. The minimum Gasteiger partial charge on any atom is -0.490 e. The second-order valence-corrected chi connectivity index (χ2v) is 8.82. The lowest BCUT2D eigenvalue weighted by Crippen LogP contribution is -2.27. The van der Waals surface area contributed by atoms with Gasteiger partial charge >= 0.3 is 0 Å². The number of thiocarbonyl (C=S) groups is 1. The van der Waals surface area contributed by atoms with Gasteiger partial charge in [-0.15, -0.1) is 0 Å². The first-order chi connectivity index (χ1) is 13.9. The average molecular weight is 511 g/mol. The third kappa shape index (κ3) is 5.04. The highest BCUT2D eigenvalue weighted by Gasteiger charge is 2.33. The molecule has 1 aliphatic heterocycles. The van der Waals surface area contributed by atoms with Gasteiger partial charge in [0, 0.05) is 5.02 Å². The molecule has 1 saturated heterocycles. The first-order valence-electron chi connectivity index (χ1n) is 8.68. The van der Waals surface area contributed by atoms with Gasteiger partial charge in [-0.1, -0.05) is 48.2 Å². The Morgan fingerprint density at radius 3 is 2.66 bits per heavy atom. The average Bonchev–Trinajstić information content (AvgIpc) is 2.95. The molecule has 1 heterocycles. The van der Waals surface area contributed by atoms with E-state index >= 15 is 0 Å². The van der Waals surface area contributed by atoms with Gasteiger partial charge in [-0.2, -0.15) is 0 Å². The van der Waals surface area contributed by atoms with Crippen LogP contribution in [0.25, 0.3) is 6.08 Å². The Morgan fingerprint density at radius 1 is 1.28 bits per heavy atom. The number of hydrogen-bond donors (Lipinski definition) is 0. The fourth-order valence-electron chi connectivity index (χ4n) is 2.65. The van der Waals surface area contributed by atoms with Crippen molar-refractivity contribution in [3.8, 4) is 11.5 Å². The highest BCUT2D eigenvalue weighted by Crippen LogP contribution is 2.40. The van der Waals surface area contributed by atoms with Crippen molar-refractivity contribution in [1.82, 2.24) is 0 Å². The second-order valence-electron chi connectivity index (χ2n) is 5.86.